The Kier molecular flexibility index (Phi) is 5.26. The van der Waals surface area contributed by atoms with E-state index in [1.165, 1.54) is 24.4 Å². The van der Waals surface area contributed by atoms with E-state index >= 15 is 0 Å². The number of hydrogen-bond acceptors (Lipinski definition) is 5. The number of fused-ring (bicyclic) bond motifs is 1. The molecule has 0 aliphatic heterocycles. The first-order chi connectivity index (χ1) is 14.1. The van der Waals surface area contributed by atoms with Gasteiger partial charge >= 0.3 is 0 Å². The van der Waals surface area contributed by atoms with Gasteiger partial charge in [0.15, 0.2) is 0 Å². The second-order valence-corrected chi connectivity index (χ2v) is 7.15. The summed E-state index contributed by atoms with van der Waals surface area (Å²) in [5.41, 5.74) is 9.51. The number of nitrogen functional groups attached to an aromatic ring is 1. The highest BCUT2D eigenvalue weighted by molar-refractivity contribution is 5.85. The molecule has 1 aliphatic carbocycles. The number of pyridine rings is 1. The number of nitrogens with zero attached hydrogens (tertiary/aromatic N) is 4. The molecule has 3 aromatic heterocycles. The van der Waals surface area contributed by atoms with Gasteiger partial charge in [-0.05, 0) is 49.2 Å². The smallest absolute Gasteiger partial charge is 0.222 e. The van der Waals surface area contributed by atoms with Crippen molar-refractivity contribution >= 4 is 29.8 Å². The monoisotopic (exact) mass is 428 g/mol. The Morgan fingerprint density at radius 3 is 2.47 bits per heavy atom. The maximum absolute atomic E-state index is 13.9. The first-order valence-corrected chi connectivity index (χ1v) is 9.37. The highest BCUT2D eigenvalue weighted by Gasteiger charge is 2.26. The minimum atomic E-state index is -0.371. The number of nitrogens with two attached hydrogens (primary N) is 1. The number of imidazole rings is 1. The molecule has 30 heavy (non-hydrogen) atoms. The molecular weight excluding hydrogens is 410 g/mol. The quantitative estimate of drug-likeness (QED) is 0.487. The molecule has 3 N–H and O–H groups in total. The Morgan fingerprint density at radius 2 is 1.73 bits per heavy atom. The van der Waals surface area contributed by atoms with E-state index in [4.69, 9.17) is 5.73 Å². The lowest BCUT2D eigenvalue weighted by Crippen LogP contribution is -2.08. The van der Waals surface area contributed by atoms with Crippen molar-refractivity contribution in [2.24, 2.45) is 0 Å². The average molecular weight is 429 g/mol. The largest absolute Gasteiger partial charge is 0.368 e. The number of nitrogens with one attached hydrogen (secondary N) is 1. The Bertz CT molecular complexity index is 1200. The highest BCUT2D eigenvalue weighted by atomic mass is 35.5. The van der Waals surface area contributed by atoms with Crippen molar-refractivity contribution in [1.29, 1.82) is 0 Å². The van der Waals surface area contributed by atoms with Crippen LogP contribution in [0.4, 0.5) is 20.5 Å². The summed E-state index contributed by atoms with van der Waals surface area (Å²) in [6.45, 7) is 0.331. The van der Waals surface area contributed by atoms with Gasteiger partial charge in [0.25, 0.3) is 0 Å². The fraction of sp³-hybridized carbons (Fsp3) is 0.190. The van der Waals surface area contributed by atoms with Crippen molar-refractivity contribution in [1.82, 2.24) is 19.4 Å². The summed E-state index contributed by atoms with van der Waals surface area (Å²) >= 11 is 0. The van der Waals surface area contributed by atoms with Gasteiger partial charge in [-0.25, -0.2) is 18.7 Å². The third kappa shape index (κ3) is 3.91. The Labute approximate surface area is 177 Å². The zero-order valence-corrected chi connectivity index (χ0v) is 16.7. The van der Waals surface area contributed by atoms with Gasteiger partial charge in [0.1, 0.15) is 23.1 Å². The zero-order valence-electron chi connectivity index (χ0n) is 15.8. The van der Waals surface area contributed by atoms with E-state index in [0.29, 0.717) is 29.6 Å². The molecule has 0 saturated heterocycles. The van der Waals surface area contributed by atoms with Crippen molar-refractivity contribution < 1.29 is 8.78 Å². The van der Waals surface area contributed by atoms with Crippen LogP contribution in [0.25, 0.3) is 16.9 Å². The molecule has 9 heteroatoms. The molecule has 1 fully saturated rings. The average Bonchev–Trinajstić information content (AvgIpc) is 3.49. The van der Waals surface area contributed by atoms with Gasteiger partial charge < -0.3 is 11.1 Å². The third-order valence-electron chi connectivity index (χ3n) is 4.99. The normalized spacial score (nSPS) is 13.3. The van der Waals surface area contributed by atoms with Gasteiger partial charge in [0, 0.05) is 23.7 Å². The molecular formula is C21H19ClF2N6. The van der Waals surface area contributed by atoms with Crippen LogP contribution in [0.1, 0.15) is 30.1 Å². The topological polar surface area (TPSA) is 81.1 Å². The molecule has 0 unspecified atom stereocenters. The number of rotatable bonds is 5. The lowest BCUT2D eigenvalue weighted by Gasteiger charge is -2.10. The number of benzene rings is 1. The first-order valence-electron chi connectivity index (χ1n) is 9.37. The van der Waals surface area contributed by atoms with E-state index in [1.807, 2.05) is 6.07 Å². The SMILES string of the molecule is Cl.Nc1nc(NCc2c(-c3ccc(F)cc3)nc3ccc(F)cn23)cc(C2CC2)n1. The van der Waals surface area contributed by atoms with Crippen LogP contribution in [-0.2, 0) is 6.54 Å². The second kappa shape index (κ2) is 7.87. The minimum absolute atomic E-state index is 0. The Balaban J connectivity index is 0.00000218. The van der Waals surface area contributed by atoms with Crippen molar-refractivity contribution in [2.75, 3.05) is 11.1 Å². The molecule has 3 heterocycles. The van der Waals surface area contributed by atoms with Crippen LogP contribution < -0.4 is 11.1 Å². The Hall–Kier alpha value is -3.26. The zero-order chi connectivity index (χ0) is 20.0. The van der Waals surface area contributed by atoms with Crippen LogP contribution in [0, 0.1) is 11.6 Å². The predicted octanol–water partition coefficient (Wildman–Crippen LogP) is 4.56. The second-order valence-electron chi connectivity index (χ2n) is 7.15. The third-order valence-corrected chi connectivity index (χ3v) is 4.99. The number of anilines is 2. The van der Waals surface area contributed by atoms with Gasteiger partial charge in [0.05, 0.1) is 23.6 Å². The standard InChI is InChI=1S/C21H18F2N6.ClH/c22-14-5-3-13(4-6-14)20-17(29-11-15(23)7-8-19(29)28-20)10-25-18-9-16(12-1-2-12)26-21(24)27-18;/h3-9,11-12H,1-2,10H2,(H3,24,25,26,27);1H. The molecule has 1 saturated carbocycles. The van der Waals surface area contributed by atoms with Gasteiger partial charge in [-0.2, -0.15) is 4.98 Å². The van der Waals surface area contributed by atoms with E-state index in [0.717, 1.165) is 29.8 Å². The van der Waals surface area contributed by atoms with Crippen molar-refractivity contribution in [3.63, 3.8) is 0 Å². The minimum Gasteiger partial charge on any atom is -0.368 e. The Morgan fingerprint density at radius 1 is 1.00 bits per heavy atom. The summed E-state index contributed by atoms with van der Waals surface area (Å²) in [5, 5.41) is 3.26. The van der Waals surface area contributed by atoms with Crippen LogP contribution in [0.5, 0.6) is 0 Å². The van der Waals surface area contributed by atoms with E-state index in [-0.39, 0.29) is 30.0 Å². The predicted molar refractivity (Wildman–Crippen MR) is 114 cm³/mol. The molecule has 1 aromatic carbocycles. The van der Waals surface area contributed by atoms with Crippen molar-refractivity contribution in [2.45, 2.75) is 25.3 Å². The van der Waals surface area contributed by atoms with E-state index in [9.17, 15) is 8.78 Å². The van der Waals surface area contributed by atoms with Crippen molar-refractivity contribution in [3.8, 4) is 11.3 Å². The number of hydrogen-bond donors (Lipinski definition) is 2. The molecule has 0 radical (unpaired) electrons. The van der Waals surface area contributed by atoms with Gasteiger partial charge in [-0.1, -0.05) is 0 Å². The van der Waals surface area contributed by atoms with Gasteiger partial charge in [-0.15, -0.1) is 12.4 Å². The van der Waals surface area contributed by atoms with E-state index < -0.39 is 0 Å². The fourth-order valence-electron chi connectivity index (χ4n) is 3.41. The van der Waals surface area contributed by atoms with Gasteiger partial charge in [-0.3, -0.25) is 4.40 Å². The molecule has 154 valence electrons. The molecule has 6 nitrogen and oxygen atoms in total. The molecule has 0 amide bonds. The lowest BCUT2D eigenvalue weighted by atomic mass is 10.1. The van der Waals surface area contributed by atoms with Crippen LogP contribution in [0.3, 0.4) is 0 Å². The molecule has 5 rings (SSSR count). The number of aromatic nitrogens is 4. The van der Waals surface area contributed by atoms with Crippen LogP contribution in [0.15, 0.2) is 48.7 Å². The molecule has 0 atom stereocenters. The van der Waals surface area contributed by atoms with Crippen LogP contribution in [0.2, 0.25) is 0 Å². The fourth-order valence-corrected chi connectivity index (χ4v) is 3.41. The lowest BCUT2D eigenvalue weighted by molar-refractivity contribution is 0.618. The summed E-state index contributed by atoms with van der Waals surface area (Å²) in [6.07, 6.45) is 3.60. The molecule has 0 spiro atoms. The van der Waals surface area contributed by atoms with E-state index in [1.54, 1.807) is 22.6 Å². The molecule has 0 bridgehead atoms. The van der Waals surface area contributed by atoms with Crippen molar-refractivity contribution in [3.05, 3.63) is 71.7 Å². The summed E-state index contributed by atoms with van der Waals surface area (Å²) in [6, 6.07) is 10.9. The molecule has 4 aromatic rings. The maximum atomic E-state index is 13.9. The summed E-state index contributed by atoms with van der Waals surface area (Å²) in [5.74, 6) is 0.576. The van der Waals surface area contributed by atoms with E-state index in [2.05, 4.69) is 20.3 Å². The number of halogens is 3. The highest BCUT2D eigenvalue weighted by Crippen LogP contribution is 2.39. The first kappa shape index (κ1) is 20.0. The van der Waals surface area contributed by atoms with Gasteiger partial charge in [0.2, 0.25) is 5.95 Å². The summed E-state index contributed by atoms with van der Waals surface area (Å²) in [4.78, 5) is 13.2. The van der Waals surface area contributed by atoms with Crippen LogP contribution >= 0.6 is 12.4 Å². The maximum Gasteiger partial charge on any atom is 0.222 e. The summed E-state index contributed by atoms with van der Waals surface area (Å²) in [7, 11) is 0. The summed E-state index contributed by atoms with van der Waals surface area (Å²) < 4.78 is 28.9. The molecule has 1 aliphatic rings. The van der Waals surface area contributed by atoms with Crippen LogP contribution in [-0.4, -0.2) is 19.4 Å².